The first-order valence-corrected chi connectivity index (χ1v) is 5.36. The molecule has 0 aliphatic heterocycles. The maximum absolute atomic E-state index is 12.2. The number of halogens is 3. The van der Waals surface area contributed by atoms with Crippen LogP contribution in [-0.2, 0) is 0 Å². The first-order valence-electron chi connectivity index (χ1n) is 5.36. The molecule has 3 N–H and O–H groups in total. The standard InChI is InChI=1S/C10H20F3N3/c1-8(2)16(7-10(11,12)13)6-4-3-5-9(14)15/h8H,3-7H2,1-2H3,(H3,14,15). The van der Waals surface area contributed by atoms with Gasteiger partial charge in [-0.1, -0.05) is 0 Å². The molecular weight excluding hydrogens is 219 g/mol. The zero-order valence-electron chi connectivity index (χ0n) is 9.77. The van der Waals surface area contributed by atoms with Crippen LogP contribution >= 0.6 is 0 Å². The van der Waals surface area contributed by atoms with E-state index >= 15 is 0 Å². The Labute approximate surface area is 94.3 Å². The Bertz CT molecular complexity index is 214. The highest BCUT2D eigenvalue weighted by molar-refractivity contribution is 5.76. The minimum absolute atomic E-state index is 0.0897. The lowest BCUT2D eigenvalue weighted by Gasteiger charge is -2.27. The Morgan fingerprint density at radius 2 is 1.88 bits per heavy atom. The van der Waals surface area contributed by atoms with Crippen molar-refractivity contribution in [2.24, 2.45) is 5.73 Å². The molecule has 0 saturated heterocycles. The van der Waals surface area contributed by atoms with Crippen molar-refractivity contribution < 1.29 is 13.2 Å². The number of nitrogens with two attached hydrogens (primary N) is 1. The van der Waals surface area contributed by atoms with Crippen molar-refractivity contribution in [1.29, 1.82) is 5.41 Å². The molecule has 16 heavy (non-hydrogen) atoms. The van der Waals surface area contributed by atoms with E-state index in [1.54, 1.807) is 13.8 Å². The summed E-state index contributed by atoms with van der Waals surface area (Å²) in [4.78, 5) is 1.39. The van der Waals surface area contributed by atoms with Crippen LogP contribution < -0.4 is 5.73 Å². The lowest BCUT2D eigenvalue weighted by atomic mass is 10.2. The highest BCUT2D eigenvalue weighted by atomic mass is 19.4. The molecule has 0 saturated carbocycles. The fraction of sp³-hybridized carbons (Fsp3) is 0.900. The molecule has 0 bridgehead atoms. The van der Waals surface area contributed by atoms with Crippen molar-refractivity contribution in [3.63, 3.8) is 0 Å². The van der Waals surface area contributed by atoms with Crippen LogP contribution in [0.25, 0.3) is 0 Å². The minimum atomic E-state index is -4.15. The van der Waals surface area contributed by atoms with Crippen LogP contribution in [0.1, 0.15) is 33.1 Å². The summed E-state index contributed by atoms with van der Waals surface area (Å²) in [6, 6.07) is -0.126. The zero-order valence-corrected chi connectivity index (χ0v) is 9.77. The highest BCUT2D eigenvalue weighted by Gasteiger charge is 2.31. The van der Waals surface area contributed by atoms with Crippen molar-refractivity contribution in [3.05, 3.63) is 0 Å². The molecule has 96 valence electrons. The number of alkyl halides is 3. The highest BCUT2D eigenvalue weighted by Crippen LogP contribution is 2.18. The smallest absolute Gasteiger partial charge is 0.388 e. The largest absolute Gasteiger partial charge is 0.401 e. The van der Waals surface area contributed by atoms with Crippen molar-refractivity contribution >= 4 is 5.84 Å². The minimum Gasteiger partial charge on any atom is -0.388 e. The molecule has 0 aromatic heterocycles. The van der Waals surface area contributed by atoms with Gasteiger partial charge in [0.2, 0.25) is 0 Å². The summed E-state index contributed by atoms with van der Waals surface area (Å²) in [6.07, 6.45) is -2.40. The summed E-state index contributed by atoms with van der Waals surface area (Å²) in [6.45, 7) is 3.02. The van der Waals surface area contributed by atoms with Gasteiger partial charge in [0.05, 0.1) is 12.4 Å². The quantitative estimate of drug-likeness (QED) is 0.407. The van der Waals surface area contributed by atoms with E-state index in [-0.39, 0.29) is 11.9 Å². The van der Waals surface area contributed by atoms with Crippen molar-refractivity contribution in [1.82, 2.24) is 4.90 Å². The molecule has 0 rings (SSSR count). The van der Waals surface area contributed by atoms with Gasteiger partial charge in [0.15, 0.2) is 0 Å². The summed E-state index contributed by atoms with van der Waals surface area (Å²) in [5.74, 6) is 0.0897. The first-order chi connectivity index (χ1) is 7.22. The number of unbranched alkanes of at least 4 members (excludes halogenated alkanes) is 1. The van der Waals surface area contributed by atoms with E-state index in [0.29, 0.717) is 25.8 Å². The second-order valence-electron chi connectivity index (χ2n) is 4.16. The third-order valence-electron chi connectivity index (χ3n) is 2.25. The molecule has 0 radical (unpaired) electrons. The molecule has 0 aromatic carbocycles. The number of nitrogens with one attached hydrogen (secondary N) is 1. The maximum atomic E-state index is 12.2. The second-order valence-corrected chi connectivity index (χ2v) is 4.16. The predicted octanol–water partition coefficient (Wildman–Crippen LogP) is 2.37. The van der Waals surface area contributed by atoms with E-state index in [4.69, 9.17) is 11.1 Å². The molecule has 6 heteroatoms. The Morgan fingerprint density at radius 3 is 2.25 bits per heavy atom. The van der Waals surface area contributed by atoms with Gasteiger partial charge in [-0.25, -0.2) is 0 Å². The molecule has 0 atom stereocenters. The van der Waals surface area contributed by atoms with E-state index in [1.165, 1.54) is 4.90 Å². The van der Waals surface area contributed by atoms with Gasteiger partial charge in [0.25, 0.3) is 0 Å². The van der Waals surface area contributed by atoms with Gasteiger partial charge in [0.1, 0.15) is 0 Å². The number of amidine groups is 1. The van der Waals surface area contributed by atoms with Crippen molar-refractivity contribution in [3.8, 4) is 0 Å². The van der Waals surface area contributed by atoms with Gasteiger partial charge in [-0.15, -0.1) is 0 Å². The molecule has 0 unspecified atom stereocenters. The molecule has 0 aromatic rings. The number of nitrogens with zero attached hydrogens (tertiary/aromatic N) is 1. The summed E-state index contributed by atoms with van der Waals surface area (Å²) in [7, 11) is 0. The predicted molar refractivity (Wildman–Crippen MR) is 58.5 cm³/mol. The van der Waals surface area contributed by atoms with Crippen LogP contribution in [-0.4, -0.2) is 36.0 Å². The molecule has 3 nitrogen and oxygen atoms in total. The van der Waals surface area contributed by atoms with Gasteiger partial charge in [0, 0.05) is 12.5 Å². The Hall–Kier alpha value is -0.780. The fourth-order valence-corrected chi connectivity index (χ4v) is 1.38. The molecule has 0 amide bonds. The van der Waals surface area contributed by atoms with Crippen molar-refractivity contribution in [2.75, 3.05) is 13.1 Å². The molecular formula is C10H20F3N3. The monoisotopic (exact) mass is 239 g/mol. The SMILES string of the molecule is CC(C)N(CCCCC(=N)N)CC(F)(F)F. The normalized spacial score (nSPS) is 12.4. The summed E-state index contributed by atoms with van der Waals surface area (Å²) < 4.78 is 36.6. The van der Waals surface area contributed by atoms with Crippen LogP contribution in [0.4, 0.5) is 13.2 Å². The second kappa shape index (κ2) is 6.73. The number of hydrogen-bond donors (Lipinski definition) is 2. The summed E-state index contributed by atoms with van der Waals surface area (Å²) in [5, 5.41) is 6.99. The van der Waals surface area contributed by atoms with E-state index in [1.807, 2.05) is 0 Å². The van der Waals surface area contributed by atoms with Crippen LogP contribution in [0.2, 0.25) is 0 Å². The van der Waals surface area contributed by atoms with E-state index in [2.05, 4.69) is 0 Å². The summed E-state index contributed by atoms with van der Waals surface area (Å²) in [5.41, 5.74) is 5.16. The zero-order chi connectivity index (χ0) is 12.8. The van der Waals surface area contributed by atoms with Crippen LogP contribution in [0.3, 0.4) is 0 Å². The van der Waals surface area contributed by atoms with Gasteiger partial charge in [-0.2, -0.15) is 13.2 Å². The van der Waals surface area contributed by atoms with E-state index in [0.717, 1.165) is 0 Å². The average Bonchev–Trinajstić information content (AvgIpc) is 2.07. The topological polar surface area (TPSA) is 53.1 Å². The molecule has 0 fully saturated rings. The maximum Gasteiger partial charge on any atom is 0.401 e. The Morgan fingerprint density at radius 1 is 1.31 bits per heavy atom. The number of hydrogen-bond acceptors (Lipinski definition) is 2. The van der Waals surface area contributed by atoms with Crippen LogP contribution in [0.5, 0.6) is 0 Å². The summed E-state index contributed by atoms with van der Waals surface area (Å²) >= 11 is 0. The average molecular weight is 239 g/mol. The van der Waals surface area contributed by atoms with Gasteiger partial charge in [-0.3, -0.25) is 10.3 Å². The lowest BCUT2D eigenvalue weighted by molar-refractivity contribution is -0.149. The van der Waals surface area contributed by atoms with E-state index in [9.17, 15) is 13.2 Å². The third kappa shape index (κ3) is 8.52. The van der Waals surface area contributed by atoms with Gasteiger partial charge in [-0.05, 0) is 33.2 Å². The molecule has 0 aliphatic rings. The van der Waals surface area contributed by atoms with Crippen LogP contribution in [0, 0.1) is 5.41 Å². The molecule has 0 heterocycles. The lowest BCUT2D eigenvalue weighted by Crippen LogP contribution is -2.39. The molecule has 0 spiro atoms. The van der Waals surface area contributed by atoms with Crippen molar-refractivity contribution in [2.45, 2.75) is 45.3 Å². The van der Waals surface area contributed by atoms with Gasteiger partial charge < -0.3 is 5.73 Å². The molecule has 0 aliphatic carbocycles. The third-order valence-corrected chi connectivity index (χ3v) is 2.25. The Kier molecular flexibility index (Phi) is 6.40. The Balaban J connectivity index is 3.91. The van der Waals surface area contributed by atoms with E-state index < -0.39 is 12.7 Å². The number of rotatable bonds is 7. The fourth-order valence-electron chi connectivity index (χ4n) is 1.38. The van der Waals surface area contributed by atoms with Crippen LogP contribution in [0.15, 0.2) is 0 Å². The van der Waals surface area contributed by atoms with Gasteiger partial charge >= 0.3 is 6.18 Å². The first kappa shape index (κ1) is 15.2.